The second kappa shape index (κ2) is 6.03. The van der Waals surface area contributed by atoms with E-state index in [1.165, 1.54) is 5.56 Å². The van der Waals surface area contributed by atoms with Crippen LogP contribution < -0.4 is 5.32 Å². The van der Waals surface area contributed by atoms with Gasteiger partial charge in [-0.25, -0.2) is 0 Å². The predicted octanol–water partition coefficient (Wildman–Crippen LogP) is 4.20. The van der Waals surface area contributed by atoms with Crippen molar-refractivity contribution in [3.63, 3.8) is 0 Å². The molecule has 0 amide bonds. The molecule has 1 aromatic heterocycles. The van der Waals surface area contributed by atoms with Gasteiger partial charge in [0.05, 0.1) is 10.2 Å². The number of benzene rings is 1. The van der Waals surface area contributed by atoms with Gasteiger partial charge in [0.1, 0.15) is 0 Å². The molecule has 1 aromatic carbocycles. The zero-order valence-corrected chi connectivity index (χ0v) is 11.5. The van der Waals surface area contributed by atoms with Crippen LogP contribution in [0.4, 0.5) is 5.69 Å². The lowest BCUT2D eigenvalue weighted by Crippen LogP contribution is -2.00. The Morgan fingerprint density at radius 3 is 2.82 bits per heavy atom. The monoisotopic (exact) mass is 310 g/mol. The molecule has 2 aromatic rings. The van der Waals surface area contributed by atoms with E-state index >= 15 is 0 Å². The first kappa shape index (κ1) is 12.4. The molecule has 0 radical (unpaired) electrons. The third kappa shape index (κ3) is 3.45. The Balaban J connectivity index is 2.05. The predicted molar refractivity (Wildman–Crippen MR) is 75.3 cm³/mol. The van der Waals surface area contributed by atoms with Crippen molar-refractivity contribution in [2.45, 2.75) is 12.4 Å². The van der Waals surface area contributed by atoms with Crippen LogP contribution in [-0.4, -0.2) is 4.98 Å². The molecule has 0 unspecified atom stereocenters. The normalized spacial score (nSPS) is 10.2. The Kier molecular flexibility index (Phi) is 4.40. The number of nitrogens with zero attached hydrogens (tertiary/aromatic N) is 1. The molecule has 4 heteroatoms. The molecule has 17 heavy (non-hydrogen) atoms. The van der Waals surface area contributed by atoms with E-state index < -0.39 is 0 Å². The molecule has 0 aliphatic carbocycles. The number of pyridine rings is 1. The van der Waals surface area contributed by atoms with Crippen LogP contribution in [0.2, 0.25) is 0 Å². The number of nitrogens with one attached hydrogen (secondary N) is 1. The minimum atomic E-state index is 0.548. The fraction of sp³-hybridized carbons (Fsp3) is 0.154. The topological polar surface area (TPSA) is 24.9 Å². The Morgan fingerprint density at radius 2 is 2.06 bits per heavy atom. The fourth-order valence-corrected chi connectivity index (χ4v) is 2.10. The van der Waals surface area contributed by atoms with Crippen LogP contribution >= 0.6 is 27.5 Å². The summed E-state index contributed by atoms with van der Waals surface area (Å²) in [5.74, 6) is 0.548. The van der Waals surface area contributed by atoms with Crippen LogP contribution in [0.3, 0.4) is 0 Å². The summed E-state index contributed by atoms with van der Waals surface area (Å²) in [6, 6.07) is 10.2. The minimum absolute atomic E-state index is 0.548. The number of halogens is 2. The van der Waals surface area contributed by atoms with Crippen molar-refractivity contribution in [2.24, 2.45) is 0 Å². The van der Waals surface area contributed by atoms with Crippen molar-refractivity contribution in [2.75, 3.05) is 5.32 Å². The van der Waals surface area contributed by atoms with E-state index in [4.69, 9.17) is 11.6 Å². The second-order valence-electron chi connectivity index (χ2n) is 3.66. The van der Waals surface area contributed by atoms with Crippen LogP contribution in [0.1, 0.15) is 11.1 Å². The van der Waals surface area contributed by atoms with Crippen LogP contribution in [0.5, 0.6) is 0 Å². The zero-order chi connectivity index (χ0) is 12.1. The largest absolute Gasteiger partial charge is 0.380 e. The highest BCUT2D eigenvalue weighted by atomic mass is 79.9. The summed E-state index contributed by atoms with van der Waals surface area (Å²) in [6.07, 6.45) is 3.54. The van der Waals surface area contributed by atoms with Crippen molar-refractivity contribution in [3.05, 3.63) is 58.3 Å². The third-order valence-corrected chi connectivity index (χ3v) is 3.34. The molecule has 0 atom stereocenters. The smallest absolute Gasteiger partial charge is 0.0590 e. The molecule has 0 spiro atoms. The number of alkyl halides is 1. The number of anilines is 1. The first-order valence-corrected chi connectivity index (χ1v) is 6.59. The van der Waals surface area contributed by atoms with Gasteiger partial charge in [-0.3, -0.25) is 4.98 Å². The van der Waals surface area contributed by atoms with Gasteiger partial charge in [-0.2, -0.15) is 0 Å². The third-order valence-electron chi connectivity index (χ3n) is 2.40. The SMILES string of the molecule is ClCc1cccc(CNc2ccncc2Br)c1. The van der Waals surface area contributed by atoms with E-state index in [2.05, 4.69) is 38.4 Å². The van der Waals surface area contributed by atoms with Gasteiger partial charge in [0.25, 0.3) is 0 Å². The number of hydrogen-bond acceptors (Lipinski definition) is 2. The molecule has 0 aliphatic heterocycles. The Morgan fingerprint density at radius 1 is 1.24 bits per heavy atom. The van der Waals surface area contributed by atoms with Crippen molar-refractivity contribution >= 4 is 33.2 Å². The Labute approximate surface area is 114 Å². The first-order valence-electron chi connectivity index (χ1n) is 5.27. The summed E-state index contributed by atoms with van der Waals surface area (Å²) in [7, 11) is 0. The average Bonchev–Trinajstić information content (AvgIpc) is 2.38. The maximum Gasteiger partial charge on any atom is 0.0590 e. The standard InChI is InChI=1S/C13H12BrClN2/c14-12-9-16-5-4-13(12)17-8-11-3-1-2-10(6-11)7-15/h1-6,9H,7-8H2,(H,16,17). The first-order chi connectivity index (χ1) is 8.29. The quantitative estimate of drug-likeness (QED) is 0.856. The summed E-state index contributed by atoms with van der Waals surface area (Å²) >= 11 is 9.26. The van der Waals surface area contributed by atoms with Crippen molar-refractivity contribution in [3.8, 4) is 0 Å². The molecule has 0 aliphatic rings. The average molecular weight is 312 g/mol. The van der Waals surface area contributed by atoms with E-state index in [1.54, 1.807) is 12.4 Å². The summed E-state index contributed by atoms with van der Waals surface area (Å²) in [5.41, 5.74) is 3.39. The highest BCUT2D eigenvalue weighted by Crippen LogP contribution is 2.20. The molecular formula is C13H12BrClN2. The van der Waals surface area contributed by atoms with Crippen LogP contribution in [0, 0.1) is 0 Å². The molecule has 2 nitrogen and oxygen atoms in total. The molecule has 1 heterocycles. The summed E-state index contributed by atoms with van der Waals surface area (Å²) in [5, 5.41) is 3.35. The van der Waals surface area contributed by atoms with Crippen molar-refractivity contribution < 1.29 is 0 Å². The molecule has 88 valence electrons. The summed E-state index contributed by atoms with van der Waals surface area (Å²) < 4.78 is 0.966. The lowest BCUT2D eigenvalue weighted by molar-refractivity contribution is 1.13. The fourth-order valence-electron chi connectivity index (χ4n) is 1.54. The molecule has 2 rings (SSSR count). The maximum absolute atomic E-state index is 5.81. The lowest BCUT2D eigenvalue weighted by atomic mass is 10.1. The number of aromatic nitrogens is 1. The number of rotatable bonds is 4. The second-order valence-corrected chi connectivity index (χ2v) is 4.78. The molecule has 0 saturated heterocycles. The molecular weight excluding hydrogens is 300 g/mol. The highest BCUT2D eigenvalue weighted by molar-refractivity contribution is 9.10. The zero-order valence-electron chi connectivity index (χ0n) is 9.16. The van der Waals surface area contributed by atoms with Gasteiger partial charge in [-0.1, -0.05) is 24.3 Å². The van der Waals surface area contributed by atoms with Gasteiger partial charge in [-0.05, 0) is 33.1 Å². The molecule has 0 bridgehead atoms. The Hall–Kier alpha value is -1.06. The lowest BCUT2D eigenvalue weighted by Gasteiger charge is -2.08. The molecule has 1 N–H and O–H groups in total. The molecule has 0 saturated carbocycles. The van der Waals surface area contributed by atoms with Gasteiger partial charge in [0.15, 0.2) is 0 Å². The van der Waals surface area contributed by atoms with E-state index in [0.717, 1.165) is 22.3 Å². The summed E-state index contributed by atoms with van der Waals surface area (Å²) in [4.78, 5) is 4.02. The van der Waals surface area contributed by atoms with Crippen LogP contribution in [0.25, 0.3) is 0 Å². The van der Waals surface area contributed by atoms with Crippen LogP contribution in [-0.2, 0) is 12.4 Å². The van der Waals surface area contributed by atoms with Crippen LogP contribution in [0.15, 0.2) is 47.2 Å². The van der Waals surface area contributed by atoms with Gasteiger partial charge >= 0.3 is 0 Å². The highest BCUT2D eigenvalue weighted by Gasteiger charge is 1.99. The van der Waals surface area contributed by atoms with E-state index in [0.29, 0.717) is 5.88 Å². The van der Waals surface area contributed by atoms with E-state index in [-0.39, 0.29) is 0 Å². The summed E-state index contributed by atoms with van der Waals surface area (Å²) in [6.45, 7) is 0.771. The van der Waals surface area contributed by atoms with E-state index in [1.807, 2.05) is 18.2 Å². The van der Waals surface area contributed by atoms with Gasteiger partial charge in [0.2, 0.25) is 0 Å². The minimum Gasteiger partial charge on any atom is -0.380 e. The maximum atomic E-state index is 5.81. The van der Waals surface area contributed by atoms with Crippen molar-refractivity contribution in [1.82, 2.24) is 4.98 Å². The van der Waals surface area contributed by atoms with Gasteiger partial charge < -0.3 is 5.32 Å². The van der Waals surface area contributed by atoms with E-state index in [9.17, 15) is 0 Å². The van der Waals surface area contributed by atoms with Crippen molar-refractivity contribution in [1.29, 1.82) is 0 Å². The Bertz CT molecular complexity index is 502. The number of hydrogen-bond donors (Lipinski definition) is 1. The van der Waals surface area contributed by atoms with Gasteiger partial charge in [-0.15, -0.1) is 11.6 Å². The molecule has 0 fully saturated rings. The van der Waals surface area contributed by atoms with Gasteiger partial charge in [0, 0.05) is 24.8 Å².